The molecule has 25 heavy (non-hydrogen) atoms. The molecule has 0 unspecified atom stereocenters. The van der Waals surface area contributed by atoms with Crippen LogP contribution in [0.3, 0.4) is 0 Å². The summed E-state index contributed by atoms with van der Waals surface area (Å²) in [7, 11) is 1.34. The van der Waals surface area contributed by atoms with Gasteiger partial charge in [-0.3, -0.25) is 5.32 Å². The van der Waals surface area contributed by atoms with Crippen LogP contribution >= 0.6 is 0 Å². The van der Waals surface area contributed by atoms with Crippen molar-refractivity contribution in [3.63, 3.8) is 0 Å². The lowest BCUT2D eigenvalue weighted by molar-refractivity contribution is 0.0598. The molecule has 1 aliphatic heterocycles. The second-order valence-electron chi connectivity index (χ2n) is 6.76. The quantitative estimate of drug-likeness (QED) is 0.840. The molecule has 1 N–H and O–H groups in total. The lowest BCUT2D eigenvalue weighted by Crippen LogP contribution is -2.27. The number of methoxy groups -OCH3 is 1. The second-order valence-corrected chi connectivity index (χ2v) is 6.76. The summed E-state index contributed by atoms with van der Waals surface area (Å²) in [6.45, 7) is 6.11. The number of nitrogens with zero attached hydrogens (tertiary/aromatic N) is 1. The molecule has 0 fully saturated rings. The zero-order valence-electron chi connectivity index (χ0n) is 14.6. The molecule has 3 rings (SSSR count). The van der Waals surface area contributed by atoms with Gasteiger partial charge in [-0.1, -0.05) is 0 Å². The van der Waals surface area contributed by atoms with E-state index in [1.807, 2.05) is 0 Å². The van der Waals surface area contributed by atoms with Crippen LogP contribution in [0, 0.1) is 0 Å². The van der Waals surface area contributed by atoms with E-state index in [1.165, 1.54) is 7.11 Å². The molecular formula is C18H20N2O5. The minimum absolute atomic E-state index is 0.339. The highest BCUT2D eigenvalue weighted by molar-refractivity contribution is 5.97. The Bertz CT molecular complexity index is 855. The highest BCUT2D eigenvalue weighted by Gasteiger charge is 2.24. The highest BCUT2D eigenvalue weighted by atomic mass is 16.6. The van der Waals surface area contributed by atoms with Crippen LogP contribution in [-0.4, -0.2) is 29.8 Å². The maximum absolute atomic E-state index is 12.1. The number of aromatic nitrogens is 1. The Hall–Kier alpha value is -2.67. The minimum Gasteiger partial charge on any atom is -0.465 e. The normalized spacial score (nSPS) is 13.4. The molecule has 2 aromatic rings. The van der Waals surface area contributed by atoms with E-state index in [2.05, 4.69) is 10.3 Å². The van der Waals surface area contributed by atoms with Gasteiger partial charge in [-0.2, -0.15) is 0 Å². The maximum atomic E-state index is 12.1. The fraction of sp³-hybridized carbons (Fsp3) is 0.389. The van der Waals surface area contributed by atoms with E-state index < -0.39 is 17.7 Å². The van der Waals surface area contributed by atoms with Gasteiger partial charge in [-0.15, -0.1) is 0 Å². The number of pyridine rings is 1. The van der Waals surface area contributed by atoms with Crippen LogP contribution in [-0.2, 0) is 27.4 Å². The van der Waals surface area contributed by atoms with Gasteiger partial charge in [0.2, 0.25) is 0 Å². The van der Waals surface area contributed by atoms with Gasteiger partial charge in [0.1, 0.15) is 11.4 Å². The number of ether oxygens (including phenoxy) is 3. The first-order valence-electron chi connectivity index (χ1n) is 7.90. The van der Waals surface area contributed by atoms with Crippen molar-refractivity contribution in [3.05, 3.63) is 34.9 Å². The number of hydrogen-bond donors (Lipinski definition) is 1. The Morgan fingerprint density at radius 1 is 1.20 bits per heavy atom. The standard InChI is InChI=1S/C18H20N2O5/c1-18(2,3)25-17(22)20-15-13-9-24-8-12(13)11-7-10(16(21)23-4)5-6-14(11)19-15/h5-7H,8-9H2,1-4H3,(H,19,20,22). The van der Waals surface area contributed by atoms with Gasteiger partial charge in [0, 0.05) is 10.9 Å². The number of rotatable bonds is 2. The summed E-state index contributed by atoms with van der Waals surface area (Å²) in [5.74, 6) is 0.00518. The predicted octanol–water partition coefficient (Wildman–Crippen LogP) is 3.40. The van der Waals surface area contributed by atoms with E-state index >= 15 is 0 Å². The molecule has 7 nitrogen and oxygen atoms in total. The number of nitrogens with one attached hydrogen (secondary N) is 1. The summed E-state index contributed by atoms with van der Waals surface area (Å²) in [6, 6.07) is 5.10. The number of anilines is 1. The van der Waals surface area contributed by atoms with Crippen molar-refractivity contribution >= 4 is 28.8 Å². The fourth-order valence-corrected chi connectivity index (χ4v) is 2.69. The first kappa shape index (κ1) is 17.2. The van der Waals surface area contributed by atoms with E-state index in [0.717, 1.165) is 16.5 Å². The molecule has 7 heteroatoms. The molecule has 0 spiro atoms. The summed E-state index contributed by atoms with van der Waals surface area (Å²) >= 11 is 0. The Labute approximate surface area is 145 Å². The molecule has 0 saturated heterocycles. The van der Waals surface area contributed by atoms with Gasteiger partial charge in [-0.25, -0.2) is 14.6 Å². The van der Waals surface area contributed by atoms with Gasteiger partial charge in [0.15, 0.2) is 0 Å². The van der Waals surface area contributed by atoms with E-state index in [4.69, 9.17) is 14.2 Å². The van der Waals surface area contributed by atoms with Gasteiger partial charge >= 0.3 is 12.1 Å². The number of hydrogen-bond acceptors (Lipinski definition) is 6. The fourth-order valence-electron chi connectivity index (χ4n) is 2.69. The molecule has 0 atom stereocenters. The Morgan fingerprint density at radius 3 is 2.60 bits per heavy atom. The molecule has 0 radical (unpaired) electrons. The van der Waals surface area contributed by atoms with Crippen LogP contribution in [0.25, 0.3) is 10.9 Å². The van der Waals surface area contributed by atoms with Crippen LogP contribution < -0.4 is 5.32 Å². The minimum atomic E-state index is -0.601. The van der Waals surface area contributed by atoms with E-state index in [0.29, 0.717) is 30.1 Å². The van der Waals surface area contributed by atoms with Crippen molar-refractivity contribution in [3.8, 4) is 0 Å². The summed E-state index contributed by atoms with van der Waals surface area (Å²) in [4.78, 5) is 28.3. The smallest absolute Gasteiger partial charge is 0.413 e. The molecular weight excluding hydrogens is 324 g/mol. The van der Waals surface area contributed by atoms with E-state index in [1.54, 1.807) is 39.0 Å². The van der Waals surface area contributed by atoms with Crippen molar-refractivity contribution in [1.29, 1.82) is 0 Å². The molecule has 1 amide bonds. The van der Waals surface area contributed by atoms with Crippen LogP contribution in [0.5, 0.6) is 0 Å². The number of esters is 1. The van der Waals surface area contributed by atoms with Gasteiger partial charge < -0.3 is 14.2 Å². The Kier molecular flexibility index (Phi) is 4.34. The van der Waals surface area contributed by atoms with Crippen molar-refractivity contribution in [2.75, 3.05) is 12.4 Å². The molecule has 2 heterocycles. The maximum Gasteiger partial charge on any atom is 0.413 e. The Balaban J connectivity index is 2.02. The van der Waals surface area contributed by atoms with Crippen molar-refractivity contribution < 1.29 is 23.8 Å². The topological polar surface area (TPSA) is 86.8 Å². The van der Waals surface area contributed by atoms with E-state index in [9.17, 15) is 9.59 Å². The monoisotopic (exact) mass is 344 g/mol. The van der Waals surface area contributed by atoms with Gasteiger partial charge in [0.05, 0.1) is 31.4 Å². The molecule has 132 valence electrons. The largest absolute Gasteiger partial charge is 0.465 e. The zero-order valence-corrected chi connectivity index (χ0v) is 14.6. The predicted molar refractivity (Wildman–Crippen MR) is 91.4 cm³/mol. The Morgan fingerprint density at radius 2 is 1.92 bits per heavy atom. The number of carbonyl (C=O) groups is 2. The van der Waals surface area contributed by atoms with Crippen molar-refractivity contribution in [1.82, 2.24) is 4.98 Å². The van der Waals surface area contributed by atoms with E-state index in [-0.39, 0.29) is 0 Å². The lowest BCUT2D eigenvalue weighted by Gasteiger charge is -2.20. The average Bonchev–Trinajstić information content (AvgIpc) is 3.02. The van der Waals surface area contributed by atoms with Crippen LogP contribution in [0.1, 0.15) is 42.3 Å². The zero-order chi connectivity index (χ0) is 18.2. The number of amides is 1. The van der Waals surface area contributed by atoms with Crippen LogP contribution in [0.15, 0.2) is 18.2 Å². The molecule has 1 aliphatic rings. The molecule has 1 aromatic carbocycles. The third-order valence-electron chi connectivity index (χ3n) is 3.74. The summed E-state index contributed by atoms with van der Waals surface area (Å²) in [5, 5.41) is 3.51. The van der Waals surface area contributed by atoms with Gasteiger partial charge in [-0.05, 0) is 44.5 Å². The van der Waals surface area contributed by atoms with Crippen LogP contribution in [0.4, 0.5) is 10.6 Å². The number of fused-ring (bicyclic) bond motifs is 3. The van der Waals surface area contributed by atoms with Crippen molar-refractivity contribution in [2.24, 2.45) is 0 Å². The molecule has 1 aromatic heterocycles. The first-order chi connectivity index (χ1) is 11.8. The highest BCUT2D eigenvalue weighted by Crippen LogP contribution is 2.33. The summed E-state index contributed by atoms with van der Waals surface area (Å²) in [6.07, 6.45) is -0.570. The second kappa shape index (κ2) is 6.33. The molecule has 0 saturated carbocycles. The molecule has 0 aliphatic carbocycles. The van der Waals surface area contributed by atoms with Gasteiger partial charge in [0.25, 0.3) is 0 Å². The SMILES string of the molecule is COC(=O)c1ccc2nc(NC(=O)OC(C)(C)C)c3c(c2c1)COC3. The third-order valence-corrected chi connectivity index (χ3v) is 3.74. The van der Waals surface area contributed by atoms with Crippen molar-refractivity contribution in [2.45, 2.75) is 39.6 Å². The average molecular weight is 344 g/mol. The molecule has 0 bridgehead atoms. The number of benzene rings is 1. The summed E-state index contributed by atoms with van der Waals surface area (Å²) in [5.41, 5.74) is 2.19. The lowest BCUT2D eigenvalue weighted by atomic mass is 10.0. The third kappa shape index (κ3) is 3.56. The first-order valence-corrected chi connectivity index (χ1v) is 7.90. The number of carbonyl (C=O) groups excluding carboxylic acids is 2. The van der Waals surface area contributed by atoms with Crippen LogP contribution in [0.2, 0.25) is 0 Å². The summed E-state index contributed by atoms with van der Waals surface area (Å²) < 4.78 is 15.6.